The highest BCUT2D eigenvalue weighted by atomic mass is 16.6. The van der Waals surface area contributed by atoms with Crippen LogP contribution in [0.2, 0.25) is 0 Å². The third-order valence-corrected chi connectivity index (χ3v) is 4.50. The highest BCUT2D eigenvalue weighted by Gasteiger charge is 2.20. The number of hydrogen-bond donors (Lipinski definition) is 1. The molecule has 1 aliphatic rings. The van der Waals surface area contributed by atoms with E-state index in [0.29, 0.717) is 17.0 Å². The Kier molecular flexibility index (Phi) is 5.88. The minimum absolute atomic E-state index is 0.0382. The Labute approximate surface area is 162 Å². The van der Waals surface area contributed by atoms with Crippen molar-refractivity contribution in [3.63, 3.8) is 0 Å². The molecule has 0 aliphatic carbocycles. The van der Waals surface area contributed by atoms with Gasteiger partial charge in [0, 0.05) is 36.5 Å². The van der Waals surface area contributed by atoms with Gasteiger partial charge in [-0.05, 0) is 50.1 Å². The number of carbonyl (C=O) groups excluding carboxylic acids is 2. The van der Waals surface area contributed by atoms with Crippen molar-refractivity contribution in [3.05, 3.63) is 64.2 Å². The molecule has 1 N–H and O–H groups in total. The molecule has 8 nitrogen and oxygen atoms in total. The Morgan fingerprint density at radius 3 is 2.46 bits per heavy atom. The number of rotatable bonds is 6. The normalized spacial score (nSPS) is 14.4. The van der Waals surface area contributed by atoms with E-state index in [9.17, 15) is 19.7 Å². The highest BCUT2D eigenvalue weighted by molar-refractivity contribution is 5.98. The molecule has 2 aromatic rings. The molecule has 0 bridgehead atoms. The molecule has 0 spiro atoms. The molecule has 2 amide bonds. The van der Waals surface area contributed by atoms with Crippen LogP contribution in [0.4, 0.5) is 11.4 Å². The fourth-order valence-corrected chi connectivity index (χ4v) is 2.98. The van der Waals surface area contributed by atoms with Crippen molar-refractivity contribution in [1.82, 2.24) is 4.90 Å². The van der Waals surface area contributed by atoms with Crippen LogP contribution in [0.3, 0.4) is 0 Å². The van der Waals surface area contributed by atoms with Gasteiger partial charge in [0.15, 0.2) is 6.10 Å². The summed E-state index contributed by atoms with van der Waals surface area (Å²) in [6, 6.07) is 12.3. The van der Waals surface area contributed by atoms with Crippen molar-refractivity contribution < 1.29 is 19.2 Å². The highest BCUT2D eigenvalue weighted by Crippen LogP contribution is 2.20. The third-order valence-electron chi connectivity index (χ3n) is 4.50. The van der Waals surface area contributed by atoms with Gasteiger partial charge in [-0.25, -0.2) is 0 Å². The molecular formula is C20H21N3O5. The minimum atomic E-state index is -0.820. The molecule has 1 unspecified atom stereocenters. The zero-order valence-corrected chi connectivity index (χ0v) is 15.5. The van der Waals surface area contributed by atoms with Crippen LogP contribution in [0.25, 0.3) is 0 Å². The number of carbonyl (C=O) groups is 2. The van der Waals surface area contributed by atoms with Crippen LogP contribution >= 0.6 is 0 Å². The van der Waals surface area contributed by atoms with E-state index in [4.69, 9.17) is 4.74 Å². The van der Waals surface area contributed by atoms with Gasteiger partial charge in [0.25, 0.3) is 17.5 Å². The number of nitro benzene ring substituents is 1. The fraction of sp³-hybridized carbons (Fsp3) is 0.300. The van der Waals surface area contributed by atoms with Crippen LogP contribution in [-0.2, 0) is 4.79 Å². The monoisotopic (exact) mass is 383 g/mol. The number of anilines is 1. The Bertz CT molecular complexity index is 876. The molecule has 1 aliphatic heterocycles. The molecule has 8 heteroatoms. The maximum Gasteiger partial charge on any atom is 0.269 e. The summed E-state index contributed by atoms with van der Waals surface area (Å²) in [5.41, 5.74) is 0.988. The SMILES string of the molecule is CC(Oc1ccc([N+](=O)[O-])cc1)C(=O)Nc1cccc(C(=O)N2CCCC2)c1. The number of nitrogens with zero attached hydrogens (tertiary/aromatic N) is 2. The van der Waals surface area contributed by atoms with Crippen molar-refractivity contribution in [2.24, 2.45) is 0 Å². The quantitative estimate of drug-likeness (QED) is 0.609. The summed E-state index contributed by atoms with van der Waals surface area (Å²) in [4.78, 5) is 36.8. The predicted molar refractivity (Wildman–Crippen MR) is 103 cm³/mol. The molecular weight excluding hydrogens is 362 g/mol. The maximum atomic E-state index is 12.5. The molecule has 1 saturated heterocycles. The van der Waals surface area contributed by atoms with Gasteiger partial charge in [-0.15, -0.1) is 0 Å². The Morgan fingerprint density at radius 2 is 1.82 bits per heavy atom. The van der Waals surface area contributed by atoms with Crippen LogP contribution in [0.15, 0.2) is 48.5 Å². The summed E-state index contributed by atoms with van der Waals surface area (Å²) >= 11 is 0. The average molecular weight is 383 g/mol. The maximum absolute atomic E-state index is 12.5. The Morgan fingerprint density at radius 1 is 1.14 bits per heavy atom. The van der Waals surface area contributed by atoms with Crippen LogP contribution in [-0.4, -0.2) is 40.8 Å². The standard InChI is InChI=1S/C20H21N3O5/c1-14(28-18-9-7-17(8-10-18)23(26)27)19(24)21-16-6-4-5-15(13-16)20(25)22-11-2-3-12-22/h4-10,13-14H,2-3,11-12H2,1H3,(H,21,24). The van der Waals surface area contributed by atoms with Crippen LogP contribution in [0, 0.1) is 10.1 Å². The zero-order chi connectivity index (χ0) is 20.1. The van der Waals surface area contributed by atoms with Gasteiger partial charge in [0.05, 0.1) is 4.92 Å². The second-order valence-electron chi connectivity index (χ2n) is 6.58. The molecule has 1 fully saturated rings. The van der Waals surface area contributed by atoms with Crippen LogP contribution < -0.4 is 10.1 Å². The van der Waals surface area contributed by atoms with Crippen molar-refractivity contribution in [3.8, 4) is 5.75 Å². The van der Waals surface area contributed by atoms with E-state index in [0.717, 1.165) is 25.9 Å². The number of likely N-dealkylation sites (tertiary alicyclic amines) is 1. The van der Waals surface area contributed by atoms with E-state index >= 15 is 0 Å². The lowest BCUT2D eigenvalue weighted by molar-refractivity contribution is -0.384. The molecule has 28 heavy (non-hydrogen) atoms. The fourth-order valence-electron chi connectivity index (χ4n) is 2.98. The van der Waals surface area contributed by atoms with E-state index in [1.54, 1.807) is 36.1 Å². The van der Waals surface area contributed by atoms with Crippen molar-refractivity contribution in [2.45, 2.75) is 25.9 Å². The largest absolute Gasteiger partial charge is 0.481 e. The molecule has 1 heterocycles. The number of non-ortho nitro benzene ring substituents is 1. The topological polar surface area (TPSA) is 102 Å². The zero-order valence-electron chi connectivity index (χ0n) is 15.5. The first kappa shape index (κ1) is 19.3. The lowest BCUT2D eigenvalue weighted by Crippen LogP contribution is -2.30. The summed E-state index contributed by atoms with van der Waals surface area (Å²) < 4.78 is 5.53. The molecule has 0 saturated carbocycles. The van der Waals surface area contributed by atoms with Crippen LogP contribution in [0.5, 0.6) is 5.75 Å². The van der Waals surface area contributed by atoms with E-state index in [1.165, 1.54) is 24.3 Å². The molecule has 2 aromatic carbocycles. The van der Waals surface area contributed by atoms with Crippen LogP contribution in [0.1, 0.15) is 30.1 Å². The first-order valence-corrected chi connectivity index (χ1v) is 9.05. The van der Waals surface area contributed by atoms with Crippen molar-refractivity contribution in [2.75, 3.05) is 18.4 Å². The number of nitro groups is 1. The summed E-state index contributed by atoms with van der Waals surface area (Å²) in [7, 11) is 0. The number of benzene rings is 2. The molecule has 0 radical (unpaired) electrons. The predicted octanol–water partition coefficient (Wildman–Crippen LogP) is 3.24. The average Bonchev–Trinajstić information content (AvgIpc) is 3.22. The van der Waals surface area contributed by atoms with Crippen molar-refractivity contribution in [1.29, 1.82) is 0 Å². The van der Waals surface area contributed by atoms with Gasteiger partial charge < -0.3 is 15.0 Å². The minimum Gasteiger partial charge on any atom is -0.481 e. The lowest BCUT2D eigenvalue weighted by Gasteiger charge is -2.17. The lowest BCUT2D eigenvalue weighted by atomic mass is 10.1. The van der Waals surface area contributed by atoms with Crippen molar-refractivity contribution >= 4 is 23.2 Å². The summed E-state index contributed by atoms with van der Waals surface area (Å²) in [6.45, 7) is 3.10. The van der Waals surface area contributed by atoms with Gasteiger partial charge in [0.2, 0.25) is 0 Å². The van der Waals surface area contributed by atoms with E-state index in [2.05, 4.69) is 5.32 Å². The van der Waals surface area contributed by atoms with Gasteiger partial charge in [-0.3, -0.25) is 19.7 Å². The Balaban J connectivity index is 1.61. The molecule has 146 valence electrons. The van der Waals surface area contributed by atoms with Gasteiger partial charge in [0.1, 0.15) is 5.75 Å². The number of amides is 2. The first-order chi connectivity index (χ1) is 13.4. The summed E-state index contributed by atoms with van der Waals surface area (Å²) in [5, 5.41) is 13.4. The third kappa shape index (κ3) is 4.64. The van der Waals surface area contributed by atoms with E-state index < -0.39 is 11.0 Å². The van der Waals surface area contributed by atoms with Gasteiger partial charge in [-0.2, -0.15) is 0 Å². The molecule has 0 aromatic heterocycles. The van der Waals surface area contributed by atoms with E-state index in [1.807, 2.05) is 0 Å². The second kappa shape index (κ2) is 8.51. The second-order valence-corrected chi connectivity index (χ2v) is 6.58. The summed E-state index contributed by atoms with van der Waals surface area (Å²) in [6.07, 6.45) is 1.21. The van der Waals surface area contributed by atoms with E-state index in [-0.39, 0.29) is 17.5 Å². The first-order valence-electron chi connectivity index (χ1n) is 9.05. The number of hydrogen-bond acceptors (Lipinski definition) is 5. The number of nitrogens with one attached hydrogen (secondary N) is 1. The number of ether oxygens (including phenoxy) is 1. The molecule has 1 atom stereocenters. The van der Waals surface area contributed by atoms with Gasteiger partial charge >= 0.3 is 0 Å². The smallest absolute Gasteiger partial charge is 0.269 e. The van der Waals surface area contributed by atoms with Gasteiger partial charge in [-0.1, -0.05) is 6.07 Å². The molecule has 3 rings (SSSR count). The Hall–Kier alpha value is -3.42. The summed E-state index contributed by atoms with van der Waals surface area (Å²) in [5.74, 6) is -0.0703.